The van der Waals surface area contributed by atoms with Gasteiger partial charge in [-0.1, -0.05) is 53.0 Å². The second-order valence-corrected chi connectivity index (χ2v) is 7.31. The summed E-state index contributed by atoms with van der Waals surface area (Å²) in [7, 11) is 0. The Morgan fingerprint density at radius 3 is 2.34 bits per heavy atom. The molecule has 3 aromatic rings. The number of anilines is 1. The maximum atomic E-state index is 12.8. The Kier molecular flexibility index (Phi) is 6.79. The zero-order valence-corrected chi connectivity index (χ0v) is 17.7. The van der Waals surface area contributed by atoms with Crippen molar-refractivity contribution in [1.82, 2.24) is 14.7 Å². The van der Waals surface area contributed by atoms with Gasteiger partial charge >= 0.3 is 0 Å². The van der Waals surface area contributed by atoms with E-state index in [0.29, 0.717) is 38.6 Å². The number of hydrogen-bond acceptors (Lipinski definition) is 3. The Morgan fingerprint density at radius 2 is 1.69 bits per heavy atom. The average Bonchev–Trinajstić information content (AvgIpc) is 3.19. The summed E-state index contributed by atoms with van der Waals surface area (Å²) in [4.78, 5) is 26.7. The minimum atomic E-state index is -0.409. The maximum Gasteiger partial charge on any atom is 0.257 e. The average molecular weight is 452 g/mol. The molecule has 29 heavy (non-hydrogen) atoms. The molecule has 3 rings (SSSR count). The highest BCUT2D eigenvalue weighted by molar-refractivity contribution is 6.39. The number of nitrogens with one attached hydrogen (secondary N) is 1. The minimum absolute atomic E-state index is 0.159. The second-order valence-electron chi connectivity index (χ2n) is 6.09. The van der Waals surface area contributed by atoms with Crippen LogP contribution in [0.25, 0.3) is 5.69 Å². The van der Waals surface area contributed by atoms with Crippen molar-refractivity contribution in [2.24, 2.45) is 0 Å². The monoisotopic (exact) mass is 450 g/mol. The van der Waals surface area contributed by atoms with Crippen molar-refractivity contribution in [1.29, 1.82) is 0 Å². The molecule has 0 unspecified atom stereocenters. The Hall–Kier alpha value is -2.54. The molecule has 0 aliphatic rings. The lowest BCUT2D eigenvalue weighted by atomic mass is 10.2. The quantitative estimate of drug-likeness (QED) is 0.577. The van der Waals surface area contributed by atoms with Gasteiger partial charge in [-0.05, 0) is 31.2 Å². The molecule has 2 amide bonds. The first-order valence-corrected chi connectivity index (χ1v) is 9.86. The Bertz CT molecular complexity index is 1030. The highest BCUT2D eigenvalue weighted by Crippen LogP contribution is 2.29. The number of likely N-dealkylation sites (N-methyl/N-ethyl adjacent to an activating group) is 1. The van der Waals surface area contributed by atoms with E-state index < -0.39 is 5.91 Å². The van der Waals surface area contributed by atoms with Crippen molar-refractivity contribution in [2.75, 3.05) is 18.4 Å². The molecule has 1 aromatic heterocycles. The topological polar surface area (TPSA) is 67.2 Å². The molecule has 0 aliphatic heterocycles. The van der Waals surface area contributed by atoms with Crippen molar-refractivity contribution in [2.45, 2.75) is 6.92 Å². The van der Waals surface area contributed by atoms with Crippen molar-refractivity contribution < 1.29 is 9.59 Å². The predicted octanol–water partition coefficient (Wildman–Crippen LogP) is 4.93. The molecular formula is C20H17Cl3N4O2. The molecule has 0 aliphatic carbocycles. The van der Waals surface area contributed by atoms with Gasteiger partial charge < -0.3 is 10.2 Å². The van der Waals surface area contributed by atoms with Crippen LogP contribution in [0.1, 0.15) is 17.3 Å². The molecule has 0 bridgehead atoms. The fraction of sp³-hybridized carbons (Fsp3) is 0.150. The molecule has 1 N–H and O–H groups in total. The first-order valence-electron chi connectivity index (χ1n) is 8.73. The first-order chi connectivity index (χ1) is 13.9. The molecule has 150 valence electrons. The van der Waals surface area contributed by atoms with E-state index >= 15 is 0 Å². The third kappa shape index (κ3) is 4.90. The normalized spacial score (nSPS) is 10.6. The van der Waals surface area contributed by atoms with Gasteiger partial charge in [0.15, 0.2) is 0 Å². The number of aromatic nitrogens is 2. The number of halogens is 3. The number of para-hydroxylation sites is 2. The zero-order valence-electron chi connectivity index (χ0n) is 15.4. The van der Waals surface area contributed by atoms with E-state index in [2.05, 4.69) is 10.4 Å². The summed E-state index contributed by atoms with van der Waals surface area (Å²) in [5.41, 5.74) is 1.31. The van der Waals surface area contributed by atoms with E-state index in [0.717, 1.165) is 0 Å². The molecular weight excluding hydrogens is 435 g/mol. The summed E-state index contributed by atoms with van der Waals surface area (Å²) in [5.74, 6) is -0.736. The van der Waals surface area contributed by atoms with Crippen LogP contribution in [0.5, 0.6) is 0 Å². The highest BCUT2D eigenvalue weighted by Gasteiger charge is 2.20. The molecule has 1 heterocycles. The standard InChI is InChI=1S/C20H17Cl3N4O2/c1-2-26(12-18(28)25-19-15(22)7-5-8-16(19)23)20(29)13-10-24-27(11-13)17-9-4-3-6-14(17)21/h3-11H,2,12H2,1H3,(H,25,28). The summed E-state index contributed by atoms with van der Waals surface area (Å²) in [6, 6.07) is 12.1. The smallest absolute Gasteiger partial charge is 0.257 e. The fourth-order valence-corrected chi connectivity index (χ4v) is 3.40. The van der Waals surface area contributed by atoms with E-state index in [9.17, 15) is 9.59 Å². The van der Waals surface area contributed by atoms with E-state index in [-0.39, 0.29) is 12.5 Å². The molecule has 0 spiro atoms. The molecule has 0 radical (unpaired) electrons. The molecule has 9 heteroatoms. The predicted molar refractivity (Wildman–Crippen MR) is 115 cm³/mol. The van der Waals surface area contributed by atoms with Gasteiger partial charge in [0.1, 0.15) is 6.54 Å². The summed E-state index contributed by atoms with van der Waals surface area (Å²) < 4.78 is 1.52. The number of hydrogen-bond donors (Lipinski definition) is 1. The lowest BCUT2D eigenvalue weighted by molar-refractivity contribution is -0.116. The Labute approximate surface area is 183 Å². The van der Waals surface area contributed by atoms with Crippen LogP contribution < -0.4 is 5.32 Å². The lowest BCUT2D eigenvalue weighted by Crippen LogP contribution is -2.37. The van der Waals surface area contributed by atoms with Crippen molar-refractivity contribution in [3.05, 3.63) is 75.5 Å². The van der Waals surface area contributed by atoms with Crippen LogP contribution >= 0.6 is 34.8 Å². The van der Waals surface area contributed by atoms with Crippen molar-refractivity contribution in [3.63, 3.8) is 0 Å². The maximum absolute atomic E-state index is 12.8. The van der Waals surface area contributed by atoms with E-state index in [4.69, 9.17) is 34.8 Å². The molecule has 2 aromatic carbocycles. The van der Waals surface area contributed by atoms with Gasteiger partial charge in [0, 0.05) is 12.7 Å². The van der Waals surface area contributed by atoms with Crippen LogP contribution in [0.15, 0.2) is 54.9 Å². The van der Waals surface area contributed by atoms with Crippen LogP contribution in [-0.2, 0) is 4.79 Å². The van der Waals surface area contributed by atoms with E-state index in [1.807, 2.05) is 12.1 Å². The Balaban J connectivity index is 1.72. The van der Waals surface area contributed by atoms with Crippen LogP contribution in [0.2, 0.25) is 15.1 Å². The van der Waals surface area contributed by atoms with Gasteiger partial charge in [0.25, 0.3) is 5.91 Å². The van der Waals surface area contributed by atoms with Crippen molar-refractivity contribution in [3.8, 4) is 5.69 Å². The second kappa shape index (κ2) is 9.31. The van der Waals surface area contributed by atoms with Crippen LogP contribution in [0, 0.1) is 0 Å². The number of carbonyl (C=O) groups excluding carboxylic acids is 2. The van der Waals surface area contributed by atoms with Crippen LogP contribution in [-0.4, -0.2) is 39.6 Å². The van der Waals surface area contributed by atoms with Gasteiger partial charge in [0.2, 0.25) is 5.91 Å². The number of rotatable bonds is 6. The lowest BCUT2D eigenvalue weighted by Gasteiger charge is -2.20. The molecule has 0 atom stereocenters. The van der Waals surface area contributed by atoms with Gasteiger partial charge in [-0.2, -0.15) is 5.10 Å². The van der Waals surface area contributed by atoms with Crippen molar-refractivity contribution >= 4 is 52.3 Å². The summed E-state index contributed by atoms with van der Waals surface area (Å²) in [6.45, 7) is 1.96. The number of benzene rings is 2. The van der Waals surface area contributed by atoms with Gasteiger partial charge in [-0.3, -0.25) is 9.59 Å². The minimum Gasteiger partial charge on any atom is -0.330 e. The third-order valence-electron chi connectivity index (χ3n) is 4.16. The van der Waals surface area contributed by atoms with Gasteiger partial charge in [0.05, 0.1) is 38.2 Å². The first kappa shape index (κ1) is 21.2. The zero-order chi connectivity index (χ0) is 21.0. The summed E-state index contributed by atoms with van der Waals surface area (Å²) >= 11 is 18.3. The molecule has 0 fully saturated rings. The van der Waals surface area contributed by atoms with E-state index in [1.54, 1.807) is 43.5 Å². The molecule has 0 saturated carbocycles. The SMILES string of the molecule is CCN(CC(=O)Nc1c(Cl)cccc1Cl)C(=O)c1cnn(-c2ccccc2Cl)c1. The van der Waals surface area contributed by atoms with E-state index in [1.165, 1.54) is 15.8 Å². The van der Waals surface area contributed by atoms with Crippen LogP contribution in [0.3, 0.4) is 0 Å². The fourth-order valence-electron chi connectivity index (χ4n) is 2.68. The highest BCUT2D eigenvalue weighted by atomic mass is 35.5. The number of amides is 2. The third-order valence-corrected chi connectivity index (χ3v) is 5.11. The summed E-state index contributed by atoms with van der Waals surface area (Å²) in [5, 5.41) is 8.01. The number of nitrogens with zero attached hydrogens (tertiary/aromatic N) is 3. The van der Waals surface area contributed by atoms with Crippen LogP contribution in [0.4, 0.5) is 5.69 Å². The number of carbonyl (C=O) groups is 2. The Morgan fingerprint density at radius 1 is 1.03 bits per heavy atom. The largest absolute Gasteiger partial charge is 0.330 e. The summed E-state index contributed by atoms with van der Waals surface area (Å²) in [6.07, 6.45) is 3.02. The van der Waals surface area contributed by atoms with Gasteiger partial charge in [-0.25, -0.2) is 4.68 Å². The van der Waals surface area contributed by atoms with Gasteiger partial charge in [-0.15, -0.1) is 0 Å². The molecule has 0 saturated heterocycles. The molecule has 6 nitrogen and oxygen atoms in total.